The van der Waals surface area contributed by atoms with Crippen LogP contribution in [0.25, 0.3) is 5.69 Å². The number of nitrogens with one attached hydrogen (secondary N) is 1. The average molecular weight is 393 g/mol. The summed E-state index contributed by atoms with van der Waals surface area (Å²) in [5, 5.41) is 11.3. The Labute approximate surface area is 159 Å². The molecule has 2 aromatic carbocycles. The summed E-state index contributed by atoms with van der Waals surface area (Å²) in [5.74, 6) is -0.885. The van der Waals surface area contributed by atoms with Gasteiger partial charge in [0.05, 0.1) is 16.4 Å². The molecule has 3 rings (SSSR count). The van der Waals surface area contributed by atoms with E-state index in [0.717, 1.165) is 11.3 Å². The second-order valence-corrected chi connectivity index (χ2v) is 6.61. The number of aryl methyl sites for hydroxylation is 1. The second kappa shape index (κ2) is 7.43. The molecule has 0 fully saturated rings. The zero-order valence-corrected chi connectivity index (χ0v) is 15.6. The van der Waals surface area contributed by atoms with Crippen molar-refractivity contribution in [3.63, 3.8) is 0 Å². The van der Waals surface area contributed by atoms with Gasteiger partial charge in [0.2, 0.25) is 0 Å². The Morgan fingerprint density at radius 3 is 2.62 bits per heavy atom. The number of nitrogens with zero attached hydrogens (tertiary/aromatic N) is 3. The molecule has 1 N–H and O–H groups in total. The van der Waals surface area contributed by atoms with Crippen LogP contribution in [0.5, 0.6) is 0 Å². The molecule has 0 unspecified atom stereocenters. The molecular formula is C18H15Cl2FN4O. The third-order valence-electron chi connectivity index (χ3n) is 3.95. The predicted molar refractivity (Wildman–Crippen MR) is 98.4 cm³/mol. The summed E-state index contributed by atoms with van der Waals surface area (Å²) >= 11 is 11.9. The van der Waals surface area contributed by atoms with E-state index >= 15 is 0 Å². The highest BCUT2D eigenvalue weighted by molar-refractivity contribution is 6.31. The number of hydrogen-bond acceptors (Lipinski definition) is 3. The molecule has 1 aromatic heterocycles. The zero-order valence-electron chi connectivity index (χ0n) is 14.1. The summed E-state index contributed by atoms with van der Waals surface area (Å²) in [6.07, 6.45) is 0. The zero-order chi connectivity index (χ0) is 18.8. The van der Waals surface area contributed by atoms with Crippen molar-refractivity contribution >= 4 is 29.1 Å². The first-order chi connectivity index (χ1) is 12.4. The van der Waals surface area contributed by atoms with E-state index < -0.39 is 5.82 Å². The van der Waals surface area contributed by atoms with Gasteiger partial charge >= 0.3 is 0 Å². The Hall–Kier alpha value is -2.44. The van der Waals surface area contributed by atoms with Crippen LogP contribution >= 0.6 is 23.2 Å². The van der Waals surface area contributed by atoms with E-state index in [1.54, 1.807) is 23.7 Å². The topological polar surface area (TPSA) is 59.8 Å². The van der Waals surface area contributed by atoms with E-state index in [9.17, 15) is 9.18 Å². The third-order valence-corrected chi connectivity index (χ3v) is 4.64. The van der Waals surface area contributed by atoms with Crippen LogP contribution in [0.15, 0.2) is 36.4 Å². The van der Waals surface area contributed by atoms with Gasteiger partial charge in [-0.25, -0.2) is 9.07 Å². The molecule has 5 nitrogen and oxygen atoms in total. The Kier molecular flexibility index (Phi) is 5.25. The van der Waals surface area contributed by atoms with E-state index in [2.05, 4.69) is 15.6 Å². The fraction of sp³-hybridized carbons (Fsp3) is 0.167. The highest BCUT2D eigenvalue weighted by Crippen LogP contribution is 2.21. The van der Waals surface area contributed by atoms with Crippen LogP contribution in [0.2, 0.25) is 10.0 Å². The first kappa shape index (κ1) is 18.4. The summed E-state index contributed by atoms with van der Waals surface area (Å²) in [7, 11) is 0. The van der Waals surface area contributed by atoms with E-state index in [-0.39, 0.29) is 23.2 Å². The van der Waals surface area contributed by atoms with Crippen molar-refractivity contribution in [1.82, 2.24) is 20.3 Å². The van der Waals surface area contributed by atoms with Gasteiger partial charge in [-0.15, -0.1) is 5.10 Å². The average Bonchev–Trinajstić information content (AvgIpc) is 3.00. The Balaban J connectivity index is 1.77. The summed E-state index contributed by atoms with van der Waals surface area (Å²) in [5.41, 5.74) is 3.13. The van der Waals surface area contributed by atoms with Gasteiger partial charge in [-0.2, -0.15) is 0 Å². The van der Waals surface area contributed by atoms with Gasteiger partial charge in [0, 0.05) is 11.6 Å². The van der Waals surface area contributed by atoms with E-state index in [0.29, 0.717) is 16.3 Å². The molecule has 0 aliphatic carbocycles. The first-order valence-electron chi connectivity index (χ1n) is 7.78. The van der Waals surface area contributed by atoms with Crippen LogP contribution in [-0.2, 0) is 6.54 Å². The highest BCUT2D eigenvalue weighted by atomic mass is 35.5. The largest absolute Gasteiger partial charge is 0.347 e. The molecule has 0 atom stereocenters. The van der Waals surface area contributed by atoms with E-state index in [4.69, 9.17) is 23.2 Å². The van der Waals surface area contributed by atoms with Crippen molar-refractivity contribution in [2.45, 2.75) is 20.4 Å². The fourth-order valence-corrected chi connectivity index (χ4v) is 2.79. The highest BCUT2D eigenvalue weighted by Gasteiger charge is 2.17. The van der Waals surface area contributed by atoms with Crippen molar-refractivity contribution in [1.29, 1.82) is 0 Å². The summed E-state index contributed by atoms with van der Waals surface area (Å²) in [6, 6.07) is 9.77. The lowest BCUT2D eigenvalue weighted by molar-refractivity contribution is 0.0945. The lowest BCUT2D eigenvalue weighted by atomic mass is 10.2. The monoisotopic (exact) mass is 392 g/mol. The van der Waals surface area contributed by atoms with Crippen molar-refractivity contribution in [2.75, 3.05) is 0 Å². The normalized spacial score (nSPS) is 10.8. The van der Waals surface area contributed by atoms with Crippen molar-refractivity contribution in [3.8, 4) is 5.69 Å². The lowest BCUT2D eigenvalue weighted by Crippen LogP contribution is -2.24. The van der Waals surface area contributed by atoms with Gasteiger partial charge in [0.25, 0.3) is 5.91 Å². The minimum absolute atomic E-state index is 0.00937. The predicted octanol–water partition coefficient (Wildman–Crippen LogP) is 4.26. The quantitative estimate of drug-likeness (QED) is 0.721. The van der Waals surface area contributed by atoms with Crippen LogP contribution in [0, 0.1) is 19.7 Å². The second-order valence-electron chi connectivity index (χ2n) is 5.80. The third kappa shape index (κ3) is 3.71. The number of carbonyl (C=O) groups excluding carboxylic acids is 1. The number of benzene rings is 2. The number of aromatic nitrogens is 3. The standard InChI is InChI=1S/C18H15Cl2FN4O/c1-10-3-5-13(8-14(10)19)25-11(2)17(23-24-25)18(26)22-9-12-4-6-16(21)15(20)7-12/h3-8H,9H2,1-2H3,(H,22,26). The van der Waals surface area contributed by atoms with E-state index in [1.165, 1.54) is 12.1 Å². The molecule has 0 aliphatic heterocycles. The van der Waals surface area contributed by atoms with Crippen LogP contribution in [0.3, 0.4) is 0 Å². The first-order valence-corrected chi connectivity index (χ1v) is 8.53. The summed E-state index contributed by atoms with van der Waals surface area (Å²) in [4.78, 5) is 12.4. The molecular weight excluding hydrogens is 378 g/mol. The molecule has 1 heterocycles. The fourth-order valence-electron chi connectivity index (χ4n) is 2.41. The maximum absolute atomic E-state index is 13.2. The van der Waals surface area contributed by atoms with E-state index in [1.807, 2.05) is 19.1 Å². The maximum atomic E-state index is 13.2. The van der Waals surface area contributed by atoms with Crippen LogP contribution in [0.4, 0.5) is 4.39 Å². The molecule has 0 radical (unpaired) electrons. The molecule has 8 heteroatoms. The van der Waals surface area contributed by atoms with Crippen LogP contribution in [-0.4, -0.2) is 20.9 Å². The molecule has 0 bridgehead atoms. The lowest BCUT2D eigenvalue weighted by Gasteiger charge is -2.07. The van der Waals surface area contributed by atoms with Gasteiger partial charge in [0.15, 0.2) is 5.69 Å². The summed E-state index contributed by atoms with van der Waals surface area (Å²) in [6.45, 7) is 3.85. The minimum Gasteiger partial charge on any atom is -0.347 e. The molecule has 3 aromatic rings. The number of halogens is 3. The molecule has 0 saturated heterocycles. The van der Waals surface area contributed by atoms with Crippen molar-refractivity contribution in [2.24, 2.45) is 0 Å². The molecule has 0 aliphatic rings. The van der Waals surface area contributed by atoms with Gasteiger partial charge in [-0.05, 0) is 49.2 Å². The van der Waals surface area contributed by atoms with Gasteiger partial charge in [-0.1, -0.05) is 40.5 Å². The molecule has 134 valence electrons. The van der Waals surface area contributed by atoms with Gasteiger partial charge < -0.3 is 5.32 Å². The Morgan fingerprint density at radius 2 is 1.92 bits per heavy atom. The summed E-state index contributed by atoms with van der Waals surface area (Å²) < 4.78 is 14.7. The van der Waals surface area contributed by atoms with Crippen molar-refractivity contribution < 1.29 is 9.18 Å². The minimum atomic E-state index is -0.503. The molecule has 0 saturated carbocycles. The molecule has 1 amide bonds. The van der Waals surface area contributed by atoms with Crippen LogP contribution < -0.4 is 5.32 Å². The SMILES string of the molecule is Cc1ccc(-n2nnc(C(=O)NCc3ccc(F)c(Cl)c3)c2C)cc1Cl. The van der Waals surface area contributed by atoms with Gasteiger partial charge in [0.1, 0.15) is 5.82 Å². The number of hydrogen-bond donors (Lipinski definition) is 1. The van der Waals surface area contributed by atoms with Gasteiger partial charge in [-0.3, -0.25) is 4.79 Å². The number of carbonyl (C=O) groups is 1. The van der Waals surface area contributed by atoms with Crippen molar-refractivity contribution in [3.05, 3.63) is 74.8 Å². The number of amides is 1. The van der Waals surface area contributed by atoms with Crippen LogP contribution in [0.1, 0.15) is 27.3 Å². The molecule has 26 heavy (non-hydrogen) atoms. The maximum Gasteiger partial charge on any atom is 0.274 e. The number of rotatable bonds is 4. The Morgan fingerprint density at radius 1 is 1.15 bits per heavy atom. The smallest absolute Gasteiger partial charge is 0.274 e. The Bertz CT molecular complexity index is 987. The molecule has 0 spiro atoms.